The molecule has 0 aromatic heterocycles. The fourth-order valence-corrected chi connectivity index (χ4v) is 3.78. The first-order valence-electron chi connectivity index (χ1n) is 8.04. The van der Waals surface area contributed by atoms with E-state index in [2.05, 4.69) is 6.08 Å². The number of carbonyl (C=O) groups is 1. The molecule has 0 bridgehead atoms. The number of rotatable bonds is 4. The molecule has 0 spiro atoms. The van der Waals surface area contributed by atoms with Crippen LogP contribution in [0.25, 0.3) is 6.08 Å². The van der Waals surface area contributed by atoms with Gasteiger partial charge in [-0.2, -0.15) is 13.2 Å². The topological polar surface area (TPSA) is 17.1 Å². The maximum atomic E-state index is 12.5. The van der Waals surface area contributed by atoms with Crippen LogP contribution in [0.5, 0.6) is 0 Å². The molecule has 0 N–H and O–H groups in total. The molecule has 0 aliphatic heterocycles. The van der Waals surface area contributed by atoms with E-state index < -0.39 is 11.7 Å². The molecule has 1 nitrogen and oxygen atoms in total. The molecule has 1 aromatic rings. The van der Waals surface area contributed by atoms with Gasteiger partial charge in [0.05, 0.1) is 5.56 Å². The zero-order valence-electron chi connectivity index (χ0n) is 13.6. The molecule has 2 rings (SSSR count). The van der Waals surface area contributed by atoms with Crippen molar-refractivity contribution in [2.75, 3.05) is 0 Å². The summed E-state index contributed by atoms with van der Waals surface area (Å²) in [5.41, 5.74) is 0.115. The molecule has 1 aromatic carbocycles. The van der Waals surface area contributed by atoms with Gasteiger partial charge in [-0.3, -0.25) is 4.79 Å². The maximum absolute atomic E-state index is 12.5. The number of thioether (sulfide) groups is 1. The van der Waals surface area contributed by atoms with E-state index in [1.54, 1.807) is 13.0 Å². The number of allylic oxidation sites excluding steroid dienone is 3. The fourth-order valence-electron chi connectivity index (χ4n) is 2.80. The molecular weight excluding hydrogens is 333 g/mol. The van der Waals surface area contributed by atoms with Gasteiger partial charge in [-0.1, -0.05) is 48.2 Å². The largest absolute Gasteiger partial charge is 0.416 e. The number of benzene rings is 1. The molecule has 0 saturated heterocycles. The summed E-state index contributed by atoms with van der Waals surface area (Å²) in [5.74, 6) is 0.520. The van der Waals surface area contributed by atoms with Crippen LogP contribution in [-0.2, 0) is 11.0 Å². The Kier molecular flexibility index (Phi) is 6.72. The molecule has 1 aliphatic rings. The van der Waals surface area contributed by atoms with E-state index in [9.17, 15) is 18.0 Å². The van der Waals surface area contributed by atoms with Crippen LogP contribution < -0.4 is 0 Å². The highest BCUT2D eigenvalue weighted by molar-refractivity contribution is 8.14. The molecule has 0 heterocycles. The Morgan fingerprint density at radius 3 is 2.25 bits per heavy atom. The quantitative estimate of drug-likeness (QED) is 0.607. The highest BCUT2D eigenvalue weighted by atomic mass is 32.2. The minimum Gasteiger partial charge on any atom is -0.288 e. The van der Waals surface area contributed by atoms with Gasteiger partial charge in [0.2, 0.25) is 0 Å². The normalized spacial score (nSPS) is 22.3. The first-order chi connectivity index (χ1) is 11.3. The standard InChI is InChI=1S/C19H21F3OS/c1-14(23)24-18-12-8-16(9-13-18)5-3-2-4-15-6-10-17(11-7-15)19(20,21)22/h2-7,10-11,16,18H,8-9,12-13H2,1H3/b4-2+,5-3+/t16-,18-. The van der Waals surface area contributed by atoms with Crippen LogP contribution in [0, 0.1) is 5.92 Å². The molecule has 0 amide bonds. The highest BCUT2D eigenvalue weighted by Crippen LogP contribution is 2.33. The lowest BCUT2D eigenvalue weighted by Crippen LogP contribution is -2.15. The molecular formula is C19H21F3OS. The average Bonchev–Trinajstić information content (AvgIpc) is 2.52. The van der Waals surface area contributed by atoms with Gasteiger partial charge in [-0.15, -0.1) is 0 Å². The minimum absolute atomic E-state index is 0.188. The smallest absolute Gasteiger partial charge is 0.288 e. The van der Waals surface area contributed by atoms with E-state index in [4.69, 9.17) is 0 Å². The molecule has 24 heavy (non-hydrogen) atoms. The molecule has 1 saturated carbocycles. The minimum atomic E-state index is -4.29. The van der Waals surface area contributed by atoms with Crippen molar-refractivity contribution in [1.82, 2.24) is 0 Å². The summed E-state index contributed by atoms with van der Waals surface area (Å²) in [7, 11) is 0. The van der Waals surface area contributed by atoms with Gasteiger partial charge in [0.1, 0.15) is 0 Å². The highest BCUT2D eigenvalue weighted by Gasteiger charge is 2.29. The van der Waals surface area contributed by atoms with E-state index in [0.717, 1.165) is 43.4 Å². The second kappa shape index (κ2) is 8.56. The fraction of sp³-hybridized carbons (Fsp3) is 0.421. The number of hydrogen-bond acceptors (Lipinski definition) is 2. The van der Waals surface area contributed by atoms with Crippen LogP contribution in [0.2, 0.25) is 0 Å². The van der Waals surface area contributed by atoms with Gasteiger partial charge in [0.15, 0.2) is 5.12 Å². The summed E-state index contributed by atoms with van der Waals surface area (Å²) in [4.78, 5) is 11.1. The van der Waals surface area contributed by atoms with Crippen LogP contribution in [0.1, 0.15) is 43.7 Å². The van der Waals surface area contributed by atoms with Crippen LogP contribution in [0.3, 0.4) is 0 Å². The summed E-state index contributed by atoms with van der Waals surface area (Å²) in [6, 6.07) is 5.13. The number of alkyl halides is 3. The third-order valence-corrected chi connectivity index (χ3v) is 5.21. The Labute approximate surface area is 145 Å². The monoisotopic (exact) mass is 354 g/mol. The molecule has 1 fully saturated rings. The molecule has 5 heteroatoms. The molecule has 0 unspecified atom stereocenters. The number of hydrogen-bond donors (Lipinski definition) is 0. The van der Waals surface area contributed by atoms with Gasteiger partial charge >= 0.3 is 6.18 Å². The third kappa shape index (κ3) is 6.19. The van der Waals surface area contributed by atoms with Crippen molar-refractivity contribution in [3.63, 3.8) is 0 Å². The second-order valence-electron chi connectivity index (χ2n) is 6.01. The summed E-state index contributed by atoms with van der Waals surface area (Å²) < 4.78 is 37.4. The van der Waals surface area contributed by atoms with Crippen molar-refractivity contribution in [3.8, 4) is 0 Å². The van der Waals surface area contributed by atoms with E-state index in [0.29, 0.717) is 11.2 Å². The summed E-state index contributed by atoms with van der Waals surface area (Å²) in [6.07, 6.45) is 7.75. The van der Waals surface area contributed by atoms with Crippen molar-refractivity contribution in [2.45, 2.75) is 44.0 Å². The summed E-state index contributed by atoms with van der Waals surface area (Å²) >= 11 is 1.45. The van der Waals surface area contributed by atoms with Crippen molar-refractivity contribution in [3.05, 3.63) is 53.6 Å². The Morgan fingerprint density at radius 1 is 1.08 bits per heavy atom. The SMILES string of the molecule is CC(=O)S[C@H]1CC[C@H](/C=C/C=C/c2ccc(C(F)(F)F)cc2)CC1. The van der Waals surface area contributed by atoms with E-state index in [1.165, 1.54) is 23.9 Å². The predicted octanol–water partition coefficient (Wildman–Crippen LogP) is 6.11. The van der Waals surface area contributed by atoms with E-state index in [1.807, 2.05) is 12.2 Å². The average molecular weight is 354 g/mol. The lowest BCUT2D eigenvalue weighted by atomic mass is 9.88. The first kappa shape index (κ1) is 18.8. The van der Waals surface area contributed by atoms with Gasteiger partial charge in [-0.25, -0.2) is 0 Å². The van der Waals surface area contributed by atoms with Gasteiger partial charge in [0.25, 0.3) is 0 Å². The Balaban J connectivity index is 1.80. The van der Waals surface area contributed by atoms with Crippen molar-refractivity contribution in [1.29, 1.82) is 0 Å². The molecule has 0 atom stereocenters. The lowest BCUT2D eigenvalue weighted by molar-refractivity contribution is -0.137. The van der Waals surface area contributed by atoms with Crippen LogP contribution in [-0.4, -0.2) is 10.4 Å². The Hall–Kier alpha value is -1.49. The summed E-state index contributed by atoms with van der Waals surface area (Å²) in [6.45, 7) is 1.61. The molecule has 0 radical (unpaired) electrons. The van der Waals surface area contributed by atoms with Gasteiger partial charge in [-0.05, 0) is 49.3 Å². The van der Waals surface area contributed by atoms with Crippen molar-refractivity contribution >= 4 is 23.0 Å². The first-order valence-corrected chi connectivity index (χ1v) is 8.92. The molecule has 1 aliphatic carbocycles. The summed E-state index contributed by atoms with van der Waals surface area (Å²) in [5, 5.41) is 0.642. The van der Waals surface area contributed by atoms with Gasteiger partial charge in [0, 0.05) is 12.2 Å². The zero-order chi connectivity index (χ0) is 17.6. The zero-order valence-corrected chi connectivity index (χ0v) is 14.4. The van der Waals surface area contributed by atoms with Crippen LogP contribution in [0.4, 0.5) is 13.2 Å². The van der Waals surface area contributed by atoms with Crippen molar-refractivity contribution < 1.29 is 18.0 Å². The third-order valence-electron chi connectivity index (χ3n) is 4.07. The van der Waals surface area contributed by atoms with E-state index >= 15 is 0 Å². The Bertz CT molecular complexity index is 594. The van der Waals surface area contributed by atoms with Crippen molar-refractivity contribution in [2.24, 2.45) is 5.92 Å². The Morgan fingerprint density at radius 2 is 1.71 bits per heavy atom. The second-order valence-corrected chi connectivity index (χ2v) is 7.49. The van der Waals surface area contributed by atoms with Crippen LogP contribution >= 0.6 is 11.8 Å². The maximum Gasteiger partial charge on any atom is 0.416 e. The predicted molar refractivity (Wildman–Crippen MR) is 93.6 cm³/mol. The van der Waals surface area contributed by atoms with E-state index in [-0.39, 0.29) is 5.12 Å². The van der Waals surface area contributed by atoms with Gasteiger partial charge < -0.3 is 0 Å². The lowest BCUT2D eigenvalue weighted by Gasteiger charge is -2.25. The number of carbonyl (C=O) groups excluding carboxylic acids is 1. The van der Waals surface area contributed by atoms with Crippen LogP contribution in [0.15, 0.2) is 42.5 Å². The molecule has 130 valence electrons. The number of halogens is 3.